The molecule has 0 fully saturated rings. The Kier molecular flexibility index (Phi) is 4.31. The fourth-order valence-electron chi connectivity index (χ4n) is 2.38. The van der Waals surface area contributed by atoms with Crippen LogP contribution >= 0.6 is 0 Å². The second-order valence-corrected chi connectivity index (χ2v) is 4.58. The Morgan fingerprint density at radius 3 is 2.57 bits per heavy atom. The lowest BCUT2D eigenvalue weighted by atomic mass is 10.1. The van der Waals surface area contributed by atoms with Gasteiger partial charge in [-0.1, -0.05) is 26.8 Å². The number of nitrogen functional groups attached to an aromatic ring is 1. The molecule has 2 aromatic rings. The van der Waals surface area contributed by atoms with E-state index in [1.807, 2.05) is 32.0 Å². The number of ether oxygens (including phenoxy) is 1. The van der Waals surface area contributed by atoms with Gasteiger partial charge in [0, 0.05) is 0 Å². The first kappa shape index (κ1) is 15.1. The van der Waals surface area contributed by atoms with Crippen LogP contribution < -0.4 is 26.2 Å². The van der Waals surface area contributed by atoms with Crippen LogP contribution in [0, 0.1) is 0 Å². The first-order valence-electron chi connectivity index (χ1n) is 7.25. The number of hydrogen-bond acceptors (Lipinski definition) is 5. The number of rotatable bonds is 2. The number of benzene rings is 1. The molecule has 5 nitrogen and oxygen atoms in total. The molecule has 5 heteroatoms. The number of nitrogens with zero attached hydrogens (tertiary/aromatic N) is 1. The largest absolute Gasteiger partial charge is 0.490 e. The molecule has 2 N–H and O–H groups in total. The maximum atomic E-state index is 11.7. The summed E-state index contributed by atoms with van der Waals surface area (Å²) >= 11 is 0. The Labute approximate surface area is 123 Å². The van der Waals surface area contributed by atoms with Crippen LogP contribution in [-0.2, 0) is 6.42 Å². The topological polar surface area (TPSA) is 72.6 Å². The van der Waals surface area contributed by atoms with E-state index in [1.54, 1.807) is 4.90 Å². The van der Waals surface area contributed by atoms with E-state index >= 15 is 0 Å². The van der Waals surface area contributed by atoms with Gasteiger partial charge in [0.1, 0.15) is 23.7 Å². The summed E-state index contributed by atoms with van der Waals surface area (Å²) in [6.45, 7) is 7.05. The Morgan fingerprint density at radius 2 is 1.95 bits per heavy atom. The number of nitrogens with two attached hydrogens (primary N) is 1. The van der Waals surface area contributed by atoms with Gasteiger partial charge < -0.3 is 15.4 Å². The molecule has 0 atom stereocenters. The highest BCUT2D eigenvalue weighted by Crippen LogP contribution is 2.37. The first-order valence-corrected chi connectivity index (χ1v) is 7.25. The van der Waals surface area contributed by atoms with Crippen molar-refractivity contribution in [3.05, 3.63) is 44.2 Å². The summed E-state index contributed by atoms with van der Waals surface area (Å²) in [4.78, 5) is 24.7. The van der Waals surface area contributed by atoms with Crippen LogP contribution in [0.25, 0.3) is 0 Å². The molecule has 21 heavy (non-hydrogen) atoms. The molecule has 0 saturated carbocycles. The highest BCUT2D eigenvalue weighted by molar-refractivity contribution is 5.81. The fourth-order valence-corrected chi connectivity index (χ4v) is 2.38. The molecule has 0 bridgehead atoms. The zero-order chi connectivity index (χ0) is 15.6. The second kappa shape index (κ2) is 5.99. The predicted molar refractivity (Wildman–Crippen MR) is 85.4 cm³/mol. The van der Waals surface area contributed by atoms with E-state index in [4.69, 9.17) is 10.5 Å². The van der Waals surface area contributed by atoms with E-state index in [1.165, 1.54) is 0 Å². The van der Waals surface area contributed by atoms with Crippen molar-refractivity contribution in [1.82, 2.24) is 0 Å². The molecule has 112 valence electrons. The van der Waals surface area contributed by atoms with Gasteiger partial charge in [-0.05, 0) is 24.1 Å². The lowest BCUT2D eigenvalue weighted by Crippen LogP contribution is -2.43. The van der Waals surface area contributed by atoms with Gasteiger partial charge in [-0.15, -0.1) is 0 Å². The van der Waals surface area contributed by atoms with E-state index in [2.05, 4.69) is 6.92 Å². The summed E-state index contributed by atoms with van der Waals surface area (Å²) in [6.07, 6.45) is 0.891. The third-order valence-corrected chi connectivity index (χ3v) is 3.49. The highest BCUT2D eigenvalue weighted by atomic mass is 16.5. The van der Waals surface area contributed by atoms with E-state index in [0.29, 0.717) is 18.8 Å². The quantitative estimate of drug-likeness (QED) is 0.855. The lowest BCUT2D eigenvalue weighted by Gasteiger charge is -2.32. The molecule has 0 aliphatic carbocycles. The molecule has 0 spiro atoms. The minimum absolute atomic E-state index is 0.0553. The standard InChI is InChI=1S/C14H14N2O3.C2H6/c1-2-8-3-4-10-9(7-8)16(5-6-19-10)12-11(15)13(17)14(12)18;1-2/h3-4,7H,2,5-6,15H2,1H3;1-2H3. The average molecular weight is 288 g/mol. The van der Waals surface area contributed by atoms with E-state index in [-0.39, 0.29) is 5.69 Å². The summed E-state index contributed by atoms with van der Waals surface area (Å²) in [6, 6.07) is 5.86. The molecular weight excluding hydrogens is 268 g/mol. The maximum Gasteiger partial charge on any atom is 0.253 e. The number of aryl methyl sites for hydroxylation is 1. The van der Waals surface area contributed by atoms with Gasteiger partial charge in [-0.25, -0.2) is 0 Å². The smallest absolute Gasteiger partial charge is 0.253 e. The summed E-state index contributed by atoms with van der Waals surface area (Å²) in [7, 11) is 0. The number of fused-ring (bicyclic) bond motifs is 1. The average Bonchev–Trinajstić information content (AvgIpc) is 2.56. The van der Waals surface area contributed by atoms with Gasteiger partial charge >= 0.3 is 0 Å². The van der Waals surface area contributed by atoms with Crippen LogP contribution in [0.15, 0.2) is 27.8 Å². The Morgan fingerprint density at radius 1 is 1.24 bits per heavy atom. The van der Waals surface area contributed by atoms with Crippen molar-refractivity contribution in [1.29, 1.82) is 0 Å². The van der Waals surface area contributed by atoms with Crippen molar-refractivity contribution in [2.24, 2.45) is 0 Å². The van der Waals surface area contributed by atoms with E-state index < -0.39 is 10.9 Å². The molecule has 0 amide bonds. The molecular formula is C16H20N2O3. The molecule has 0 unspecified atom stereocenters. The number of hydrogen-bond donors (Lipinski definition) is 1. The van der Waals surface area contributed by atoms with Crippen LogP contribution in [0.2, 0.25) is 0 Å². The van der Waals surface area contributed by atoms with E-state index in [9.17, 15) is 9.59 Å². The van der Waals surface area contributed by atoms with Gasteiger partial charge in [0.2, 0.25) is 0 Å². The monoisotopic (exact) mass is 288 g/mol. The SMILES string of the molecule is CC.CCc1ccc2c(c1)N(c1c(N)c(=O)c1=O)CCO2. The predicted octanol–water partition coefficient (Wildman–Crippen LogP) is 1.98. The number of anilines is 3. The Hall–Kier alpha value is -2.30. The fraction of sp³-hybridized carbons (Fsp3) is 0.375. The van der Waals surface area contributed by atoms with Crippen LogP contribution in [0.3, 0.4) is 0 Å². The van der Waals surface area contributed by atoms with Crippen LogP contribution in [0.5, 0.6) is 5.75 Å². The third-order valence-electron chi connectivity index (χ3n) is 3.49. The maximum absolute atomic E-state index is 11.7. The van der Waals surface area contributed by atoms with Crippen LogP contribution in [0.4, 0.5) is 17.1 Å². The van der Waals surface area contributed by atoms with Crippen LogP contribution in [0.1, 0.15) is 26.3 Å². The highest BCUT2D eigenvalue weighted by Gasteiger charge is 2.28. The summed E-state index contributed by atoms with van der Waals surface area (Å²) in [5.41, 5.74) is 6.86. The second-order valence-electron chi connectivity index (χ2n) is 4.58. The Bertz CT molecular complexity index is 715. The summed E-state index contributed by atoms with van der Waals surface area (Å²) in [5, 5.41) is 0. The van der Waals surface area contributed by atoms with Gasteiger partial charge in [0.05, 0.1) is 12.2 Å². The van der Waals surface area contributed by atoms with Crippen molar-refractivity contribution < 1.29 is 4.74 Å². The van der Waals surface area contributed by atoms with E-state index in [0.717, 1.165) is 23.4 Å². The zero-order valence-electron chi connectivity index (χ0n) is 12.6. The molecule has 1 heterocycles. The summed E-state index contributed by atoms with van der Waals surface area (Å²) < 4.78 is 5.57. The minimum atomic E-state index is -0.588. The van der Waals surface area contributed by atoms with Gasteiger partial charge in [0.25, 0.3) is 10.9 Å². The minimum Gasteiger partial charge on any atom is -0.490 e. The summed E-state index contributed by atoms with van der Waals surface area (Å²) in [5.74, 6) is 0.718. The molecule has 0 aromatic heterocycles. The lowest BCUT2D eigenvalue weighted by molar-refractivity contribution is 0.314. The van der Waals surface area contributed by atoms with Crippen molar-refractivity contribution in [3.8, 4) is 5.75 Å². The third kappa shape index (κ3) is 2.39. The van der Waals surface area contributed by atoms with Crippen molar-refractivity contribution >= 4 is 17.1 Å². The van der Waals surface area contributed by atoms with Crippen molar-refractivity contribution in [2.75, 3.05) is 23.8 Å². The molecule has 0 saturated heterocycles. The molecule has 0 radical (unpaired) electrons. The zero-order valence-corrected chi connectivity index (χ0v) is 12.6. The normalized spacial score (nSPS) is 13.2. The van der Waals surface area contributed by atoms with Gasteiger partial charge in [-0.3, -0.25) is 9.59 Å². The molecule has 1 aliphatic rings. The van der Waals surface area contributed by atoms with Gasteiger partial charge in [0.15, 0.2) is 0 Å². The van der Waals surface area contributed by atoms with Gasteiger partial charge in [-0.2, -0.15) is 0 Å². The molecule has 1 aliphatic heterocycles. The molecule has 2 aromatic carbocycles. The first-order chi connectivity index (χ1) is 10.1. The van der Waals surface area contributed by atoms with Crippen LogP contribution in [-0.4, -0.2) is 13.2 Å². The molecule has 3 rings (SSSR count). The van der Waals surface area contributed by atoms with Crippen molar-refractivity contribution in [2.45, 2.75) is 27.2 Å². The van der Waals surface area contributed by atoms with Crippen molar-refractivity contribution in [3.63, 3.8) is 0 Å². The Balaban J connectivity index is 0.000000774.